The van der Waals surface area contributed by atoms with Crippen LogP contribution in [0.1, 0.15) is 11.3 Å². The fourth-order valence-electron chi connectivity index (χ4n) is 2.30. The molecule has 0 amide bonds. The maximum atomic E-state index is 13.9. The van der Waals surface area contributed by atoms with Crippen molar-refractivity contribution in [2.75, 3.05) is 0 Å². The van der Waals surface area contributed by atoms with E-state index >= 15 is 0 Å². The van der Waals surface area contributed by atoms with Crippen LogP contribution < -0.4 is 0 Å². The van der Waals surface area contributed by atoms with Gasteiger partial charge in [0.05, 0.1) is 11.4 Å². The van der Waals surface area contributed by atoms with E-state index in [4.69, 9.17) is 0 Å². The lowest BCUT2D eigenvalue weighted by molar-refractivity contribution is 0.630. The molecule has 2 aromatic heterocycles. The van der Waals surface area contributed by atoms with Gasteiger partial charge in [-0.25, -0.2) is 9.37 Å². The van der Waals surface area contributed by atoms with Crippen LogP contribution in [0, 0.1) is 19.7 Å². The first-order chi connectivity index (χ1) is 8.68. The third-order valence-corrected chi connectivity index (χ3v) is 3.15. The smallest absolute Gasteiger partial charge is 0.140 e. The Kier molecular flexibility index (Phi) is 2.40. The Bertz CT molecular complexity index is 728. The topological polar surface area (TPSA) is 17.3 Å². The van der Waals surface area contributed by atoms with Crippen LogP contribution in [0.2, 0.25) is 0 Å². The second-order valence-electron chi connectivity index (χ2n) is 4.41. The number of pyridine rings is 1. The molecule has 1 aromatic carbocycles. The standard InChI is InChI=1S/C15H13FN2/c1-10-6-5-9-18-14(11(2)17-15(10)18)12-7-3-4-8-13(12)16/h3-9H,1-2H3. The van der Waals surface area contributed by atoms with Crippen molar-refractivity contribution in [1.29, 1.82) is 0 Å². The van der Waals surface area contributed by atoms with E-state index in [9.17, 15) is 4.39 Å². The molecule has 0 saturated carbocycles. The molecule has 2 heterocycles. The summed E-state index contributed by atoms with van der Waals surface area (Å²) in [6.07, 6.45) is 1.92. The van der Waals surface area contributed by atoms with E-state index in [-0.39, 0.29) is 5.82 Å². The number of benzene rings is 1. The van der Waals surface area contributed by atoms with Gasteiger partial charge in [-0.3, -0.25) is 4.40 Å². The first-order valence-electron chi connectivity index (χ1n) is 5.87. The van der Waals surface area contributed by atoms with Gasteiger partial charge < -0.3 is 0 Å². The molecule has 0 aliphatic rings. The van der Waals surface area contributed by atoms with Crippen LogP contribution in [0.4, 0.5) is 4.39 Å². The number of hydrogen-bond donors (Lipinski definition) is 0. The third kappa shape index (κ3) is 1.51. The van der Waals surface area contributed by atoms with Crippen molar-refractivity contribution in [2.45, 2.75) is 13.8 Å². The van der Waals surface area contributed by atoms with Crippen molar-refractivity contribution in [1.82, 2.24) is 9.38 Å². The predicted molar refractivity (Wildman–Crippen MR) is 70.1 cm³/mol. The molecule has 18 heavy (non-hydrogen) atoms. The molecule has 0 fully saturated rings. The molecule has 3 aromatic rings. The summed E-state index contributed by atoms with van der Waals surface area (Å²) in [6.45, 7) is 3.92. The molecule has 0 spiro atoms. The van der Waals surface area contributed by atoms with E-state index in [2.05, 4.69) is 4.98 Å². The van der Waals surface area contributed by atoms with Gasteiger partial charge in [-0.15, -0.1) is 0 Å². The summed E-state index contributed by atoms with van der Waals surface area (Å²) in [5, 5.41) is 0. The van der Waals surface area contributed by atoms with Crippen molar-refractivity contribution in [3.63, 3.8) is 0 Å². The van der Waals surface area contributed by atoms with Gasteiger partial charge in [-0.05, 0) is 37.6 Å². The maximum absolute atomic E-state index is 13.9. The zero-order valence-electron chi connectivity index (χ0n) is 10.3. The van der Waals surface area contributed by atoms with Crippen LogP contribution in [0.15, 0.2) is 42.6 Å². The number of fused-ring (bicyclic) bond motifs is 1. The second kappa shape index (κ2) is 3.95. The lowest BCUT2D eigenvalue weighted by Gasteiger charge is -2.05. The van der Waals surface area contributed by atoms with E-state index in [1.54, 1.807) is 12.1 Å². The number of nitrogens with zero attached hydrogens (tertiary/aromatic N) is 2. The Morgan fingerprint density at radius 1 is 1.06 bits per heavy atom. The zero-order chi connectivity index (χ0) is 12.7. The Labute approximate surface area is 105 Å². The van der Waals surface area contributed by atoms with Crippen LogP contribution in [-0.2, 0) is 0 Å². The summed E-state index contributed by atoms with van der Waals surface area (Å²) in [5.41, 5.74) is 4.23. The molecule has 0 atom stereocenters. The van der Waals surface area contributed by atoms with Crippen LogP contribution in [0.3, 0.4) is 0 Å². The molecule has 0 unspecified atom stereocenters. The monoisotopic (exact) mass is 240 g/mol. The minimum Gasteiger partial charge on any atom is -0.299 e. The molecule has 3 heteroatoms. The van der Waals surface area contributed by atoms with Crippen LogP contribution >= 0.6 is 0 Å². The van der Waals surface area contributed by atoms with Gasteiger partial charge in [0.1, 0.15) is 11.5 Å². The average Bonchev–Trinajstić information content (AvgIpc) is 2.68. The van der Waals surface area contributed by atoms with E-state index in [0.29, 0.717) is 5.56 Å². The number of halogens is 1. The zero-order valence-corrected chi connectivity index (χ0v) is 10.3. The molecular formula is C15H13FN2. The minimum atomic E-state index is -0.219. The Morgan fingerprint density at radius 3 is 2.61 bits per heavy atom. The van der Waals surface area contributed by atoms with Crippen LogP contribution in [0.5, 0.6) is 0 Å². The van der Waals surface area contributed by atoms with Gasteiger partial charge in [-0.1, -0.05) is 18.2 Å². The Morgan fingerprint density at radius 2 is 1.83 bits per heavy atom. The first-order valence-corrected chi connectivity index (χ1v) is 5.87. The molecule has 0 radical (unpaired) electrons. The van der Waals surface area contributed by atoms with Gasteiger partial charge in [0.15, 0.2) is 0 Å². The average molecular weight is 240 g/mol. The SMILES string of the molecule is Cc1nc2c(C)cccn2c1-c1ccccc1F. The number of hydrogen-bond acceptors (Lipinski definition) is 1. The van der Waals surface area contributed by atoms with E-state index in [0.717, 1.165) is 22.6 Å². The highest BCUT2D eigenvalue weighted by Crippen LogP contribution is 2.27. The molecular weight excluding hydrogens is 227 g/mol. The summed E-state index contributed by atoms with van der Waals surface area (Å²) < 4.78 is 15.9. The molecule has 0 bridgehead atoms. The highest BCUT2D eigenvalue weighted by molar-refractivity contribution is 5.68. The molecule has 90 valence electrons. The molecule has 0 N–H and O–H groups in total. The summed E-state index contributed by atoms with van der Waals surface area (Å²) in [4.78, 5) is 4.53. The molecule has 2 nitrogen and oxygen atoms in total. The fraction of sp³-hybridized carbons (Fsp3) is 0.133. The number of aromatic nitrogens is 2. The van der Waals surface area contributed by atoms with Gasteiger partial charge in [0, 0.05) is 11.8 Å². The van der Waals surface area contributed by atoms with Gasteiger partial charge in [0.25, 0.3) is 0 Å². The van der Waals surface area contributed by atoms with Crippen molar-refractivity contribution >= 4 is 5.65 Å². The lowest BCUT2D eigenvalue weighted by atomic mass is 10.1. The van der Waals surface area contributed by atoms with Crippen molar-refractivity contribution in [3.8, 4) is 11.3 Å². The summed E-state index contributed by atoms with van der Waals surface area (Å²) in [5.74, 6) is -0.219. The van der Waals surface area contributed by atoms with Crippen molar-refractivity contribution < 1.29 is 4.39 Å². The predicted octanol–water partition coefficient (Wildman–Crippen LogP) is 3.76. The third-order valence-electron chi connectivity index (χ3n) is 3.15. The summed E-state index contributed by atoms with van der Waals surface area (Å²) in [6, 6.07) is 10.8. The molecule has 0 saturated heterocycles. The lowest BCUT2D eigenvalue weighted by Crippen LogP contribution is -1.92. The highest BCUT2D eigenvalue weighted by atomic mass is 19.1. The van der Waals surface area contributed by atoms with E-state index < -0.39 is 0 Å². The largest absolute Gasteiger partial charge is 0.299 e. The molecule has 0 aliphatic carbocycles. The van der Waals surface area contributed by atoms with E-state index in [1.165, 1.54) is 6.07 Å². The highest BCUT2D eigenvalue weighted by Gasteiger charge is 2.14. The Balaban J connectivity index is 2.40. The van der Waals surface area contributed by atoms with Crippen molar-refractivity contribution in [2.24, 2.45) is 0 Å². The van der Waals surface area contributed by atoms with Gasteiger partial charge in [0.2, 0.25) is 0 Å². The van der Waals surface area contributed by atoms with Crippen LogP contribution in [-0.4, -0.2) is 9.38 Å². The maximum Gasteiger partial charge on any atom is 0.140 e. The molecule has 3 rings (SSSR count). The fourth-order valence-corrected chi connectivity index (χ4v) is 2.30. The normalized spacial score (nSPS) is 11.1. The van der Waals surface area contributed by atoms with Crippen molar-refractivity contribution in [3.05, 3.63) is 59.7 Å². The van der Waals surface area contributed by atoms with Gasteiger partial charge >= 0.3 is 0 Å². The van der Waals surface area contributed by atoms with Gasteiger partial charge in [-0.2, -0.15) is 0 Å². The Hall–Kier alpha value is -2.16. The summed E-state index contributed by atoms with van der Waals surface area (Å²) >= 11 is 0. The number of imidazole rings is 1. The first kappa shape index (κ1) is 11.0. The molecule has 0 aliphatic heterocycles. The minimum absolute atomic E-state index is 0.219. The number of aryl methyl sites for hydroxylation is 2. The van der Waals surface area contributed by atoms with Crippen LogP contribution in [0.25, 0.3) is 16.9 Å². The number of rotatable bonds is 1. The second-order valence-corrected chi connectivity index (χ2v) is 4.41. The quantitative estimate of drug-likeness (QED) is 0.633. The summed E-state index contributed by atoms with van der Waals surface area (Å²) in [7, 11) is 0. The van der Waals surface area contributed by atoms with E-state index in [1.807, 2.05) is 42.6 Å².